The summed E-state index contributed by atoms with van der Waals surface area (Å²) in [6.07, 6.45) is 1.96. The minimum atomic E-state index is -0.274. The Hall–Kier alpha value is -3.90. The second kappa shape index (κ2) is 13.3. The predicted molar refractivity (Wildman–Crippen MR) is 153 cm³/mol. The Kier molecular flexibility index (Phi) is 9.55. The third-order valence-electron chi connectivity index (χ3n) is 6.38. The van der Waals surface area contributed by atoms with Crippen LogP contribution < -0.4 is 0 Å². The Morgan fingerprint density at radius 3 is 2.28 bits per heavy atom. The predicted octanol–water partition coefficient (Wildman–Crippen LogP) is 6.66. The molecule has 5 nitrogen and oxygen atoms in total. The molecular weight excluding hydrogens is 513 g/mol. The van der Waals surface area contributed by atoms with E-state index in [1.807, 2.05) is 62.5 Å². The first kappa shape index (κ1) is 28.1. The van der Waals surface area contributed by atoms with Crippen LogP contribution in [0.1, 0.15) is 41.0 Å². The molecule has 0 spiro atoms. The molecule has 0 N–H and O–H groups in total. The standard InChI is InChI=1S/C32H33ClFN3O2/c1-24(2)19-37(32(39)27-10-6-11-28(33)18-27)23-31(38)36(21-25-8-4-3-5-9-25)22-30-12-7-17-35(30)20-26-13-15-29(34)16-14-26/h3-18,24H,19-23H2,1-2H3. The lowest BCUT2D eigenvalue weighted by Gasteiger charge is -2.29. The highest BCUT2D eigenvalue weighted by Crippen LogP contribution is 2.17. The van der Waals surface area contributed by atoms with Gasteiger partial charge in [-0.15, -0.1) is 0 Å². The lowest BCUT2D eigenvalue weighted by Crippen LogP contribution is -2.44. The highest BCUT2D eigenvalue weighted by Gasteiger charge is 2.24. The zero-order valence-corrected chi connectivity index (χ0v) is 23.0. The van der Waals surface area contributed by atoms with Gasteiger partial charge in [0.2, 0.25) is 5.91 Å². The maximum Gasteiger partial charge on any atom is 0.254 e. The summed E-state index contributed by atoms with van der Waals surface area (Å²) in [6, 6.07) is 27.0. The van der Waals surface area contributed by atoms with E-state index in [1.54, 1.807) is 46.2 Å². The van der Waals surface area contributed by atoms with Gasteiger partial charge in [0.15, 0.2) is 0 Å². The smallest absolute Gasteiger partial charge is 0.254 e. The van der Waals surface area contributed by atoms with Crippen molar-refractivity contribution in [1.29, 1.82) is 0 Å². The minimum absolute atomic E-state index is 0.0466. The molecule has 0 saturated heterocycles. The van der Waals surface area contributed by atoms with E-state index in [0.29, 0.717) is 36.8 Å². The normalized spacial score (nSPS) is 11.0. The number of carbonyl (C=O) groups excluding carboxylic acids is 2. The van der Waals surface area contributed by atoms with E-state index in [9.17, 15) is 14.0 Å². The number of hydrogen-bond donors (Lipinski definition) is 0. The maximum absolute atomic E-state index is 13.8. The Morgan fingerprint density at radius 1 is 0.846 bits per heavy atom. The first-order chi connectivity index (χ1) is 18.8. The molecule has 7 heteroatoms. The summed E-state index contributed by atoms with van der Waals surface area (Å²) >= 11 is 6.14. The van der Waals surface area contributed by atoms with E-state index in [0.717, 1.165) is 16.8 Å². The summed E-state index contributed by atoms with van der Waals surface area (Å²) in [5.41, 5.74) is 3.36. The fourth-order valence-corrected chi connectivity index (χ4v) is 4.68. The molecule has 3 aromatic carbocycles. The summed E-state index contributed by atoms with van der Waals surface area (Å²) in [4.78, 5) is 30.6. The summed E-state index contributed by atoms with van der Waals surface area (Å²) in [6.45, 7) is 5.76. The van der Waals surface area contributed by atoms with Gasteiger partial charge in [-0.3, -0.25) is 9.59 Å². The van der Waals surface area contributed by atoms with Crippen LogP contribution in [0.2, 0.25) is 5.02 Å². The maximum atomic E-state index is 13.8. The van der Waals surface area contributed by atoms with Crippen LogP contribution in [0.15, 0.2) is 97.2 Å². The van der Waals surface area contributed by atoms with Gasteiger partial charge in [0, 0.05) is 42.1 Å². The molecule has 0 radical (unpaired) electrons. The largest absolute Gasteiger partial charge is 0.345 e. The van der Waals surface area contributed by atoms with Gasteiger partial charge < -0.3 is 14.4 Å². The minimum Gasteiger partial charge on any atom is -0.345 e. The van der Waals surface area contributed by atoms with Crippen molar-refractivity contribution in [2.24, 2.45) is 5.92 Å². The van der Waals surface area contributed by atoms with Crippen LogP contribution in [-0.2, 0) is 24.4 Å². The molecule has 39 heavy (non-hydrogen) atoms. The Labute approximate surface area is 234 Å². The average molecular weight is 546 g/mol. The second-order valence-electron chi connectivity index (χ2n) is 10.1. The van der Waals surface area contributed by atoms with Crippen LogP contribution in [0.25, 0.3) is 0 Å². The highest BCUT2D eigenvalue weighted by molar-refractivity contribution is 6.31. The molecule has 0 bridgehead atoms. The molecule has 202 valence electrons. The van der Waals surface area contributed by atoms with Gasteiger partial charge in [0.05, 0.1) is 6.54 Å². The molecular formula is C32H33ClFN3O2. The number of nitrogens with zero attached hydrogens (tertiary/aromatic N) is 3. The van der Waals surface area contributed by atoms with E-state index in [2.05, 4.69) is 4.57 Å². The number of hydrogen-bond acceptors (Lipinski definition) is 2. The fraction of sp³-hybridized carbons (Fsp3) is 0.250. The van der Waals surface area contributed by atoms with Crippen molar-refractivity contribution in [2.75, 3.05) is 13.1 Å². The Bertz CT molecular complexity index is 1390. The molecule has 4 rings (SSSR count). The molecule has 0 unspecified atom stereocenters. The molecule has 2 amide bonds. The molecule has 0 aliphatic rings. The number of aromatic nitrogens is 1. The highest BCUT2D eigenvalue weighted by atomic mass is 35.5. The van der Waals surface area contributed by atoms with E-state index in [-0.39, 0.29) is 30.1 Å². The van der Waals surface area contributed by atoms with E-state index in [1.165, 1.54) is 12.1 Å². The molecule has 1 aromatic heterocycles. The van der Waals surface area contributed by atoms with Crippen LogP contribution in [0.4, 0.5) is 4.39 Å². The van der Waals surface area contributed by atoms with Crippen molar-refractivity contribution in [3.8, 4) is 0 Å². The molecule has 0 fully saturated rings. The third kappa shape index (κ3) is 8.04. The molecule has 0 aliphatic carbocycles. The number of benzene rings is 3. The fourth-order valence-electron chi connectivity index (χ4n) is 4.49. The van der Waals surface area contributed by atoms with Gasteiger partial charge >= 0.3 is 0 Å². The first-order valence-corrected chi connectivity index (χ1v) is 13.4. The zero-order valence-electron chi connectivity index (χ0n) is 22.3. The van der Waals surface area contributed by atoms with Crippen LogP contribution >= 0.6 is 11.6 Å². The van der Waals surface area contributed by atoms with Crippen LogP contribution in [0, 0.1) is 11.7 Å². The number of amides is 2. The SMILES string of the molecule is CC(C)CN(CC(=O)N(Cc1ccccc1)Cc1cccn1Cc1ccc(F)cc1)C(=O)c1cccc(Cl)c1. The number of carbonyl (C=O) groups is 2. The van der Waals surface area contributed by atoms with Crippen molar-refractivity contribution in [3.63, 3.8) is 0 Å². The molecule has 0 saturated carbocycles. The van der Waals surface area contributed by atoms with Crippen molar-refractivity contribution < 1.29 is 14.0 Å². The zero-order chi connectivity index (χ0) is 27.8. The van der Waals surface area contributed by atoms with E-state index < -0.39 is 0 Å². The quantitative estimate of drug-likeness (QED) is 0.212. The number of rotatable bonds is 11. The van der Waals surface area contributed by atoms with Gasteiger partial charge in [-0.1, -0.05) is 74.0 Å². The van der Waals surface area contributed by atoms with Gasteiger partial charge in [0.1, 0.15) is 12.4 Å². The summed E-state index contributed by atoms with van der Waals surface area (Å²) in [5, 5.41) is 0.476. The topological polar surface area (TPSA) is 45.6 Å². The lowest BCUT2D eigenvalue weighted by molar-refractivity contribution is -0.133. The van der Waals surface area contributed by atoms with Gasteiger partial charge in [-0.05, 0) is 59.5 Å². The van der Waals surface area contributed by atoms with Crippen molar-refractivity contribution in [1.82, 2.24) is 14.4 Å². The Balaban J connectivity index is 1.57. The molecule has 4 aromatic rings. The van der Waals surface area contributed by atoms with Crippen LogP contribution in [-0.4, -0.2) is 39.3 Å². The first-order valence-electron chi connectivity index (χ1n) is 13.0. The van der Waals surface area contributed by atoms with Gasteiger partial charge in [0.25, 0.3) is 5.91 Å². The van der Waals surface area contributed by atoms with E-state index >= 15 is 0 Å². The molecule has 0 aliphatic heterocycles. The van der Waals surface area contributed by atoms with Crippen LogP contribution in [0.5, 0.6) is 0 Å². The summed E-state index contributed by atoms with van der Waals surface area (Å²) in [7, 11) is 0. The molecule has 1 heterocycles. The van der Waals surface area contributed by atoms with Crippen LogP contribution in [0.3, 0.4) is 0 Å². The summed E-state index contributed by atoms with van der Waals surface area (Å²) < 4.78 is 15.5. The molecule has 0 atom stereocenters. The van der Waals surface area contributed by atoms with Crippen molar-refractivity contribution in [3.05, 3.63) is 130 Å². The second-order valence-corrected chi connectivity index (χ2v) is 10.5. The van der Waals surface area contributed by atoms with Crippen molar-refractivity contribution >= 4 is 23.4 Å². The Morgan fingerprint density at radius 2 is 1.59 bits per heavy atom. The lowest BCUT2D eigenvalue weighted by atomic mass is 10.1. The van der Waals surface area contributed by atoms with Crippen molar-refractivity contribution in [2.45, 2.75) is 33.5 Å². The van der Waals surface area contributed by atoms with E-state index in [4.69, 9.17) is 11.6 Å². The number of halogens is 2. The monoisotopic (exact) mass is 545 g/mol. The van der Waals surface area contributed by atoms with Gasteiger partial charge in [-0.25, -0.2) is 4.39 Å². The average Bonchev–Trinajstić information content (AvgIpc) is 3.35. The third-order valence-corrected chi connectivity index (χ3v) is 6.62. The van der Waals surface area contributed by atoms with Gasteiger partial charge in [-0.2, -0.15) is 0 Å². The summed E-state index contributed by atoms with van der Waals surface area (Å²) in [5.74, 6) is -0.468.